The highest BCUT2D eigenvalue weighted by atomic mass is 35.6. The first kappa shape index (κ1) is 11.5. The molecule has 1 nitrogen and oxygen atoms in total. The molecule has 1 rings (SSSR count). The minimum absolute atomic E-state index is 0.608. The van der Waals surface area contributed by atoms with E-state index in [0.29, 0.717) is 6.54 Å². The second-order valence-electron chi connectivity index (χ2n) is 1.72. The summed E-state index contributed by atoms with van der Waals surface area (Å²) in [6, 6.07) is 10.6. The molecule has 0 bridgehead atoms. The van der Waals surface area contributed by atoms with Gasteiger partial charge in [-0.1, -0.05) is 18.2 Å². The molecule has 0 aromatic heterocycles. The van der Waals surface area contributed by atoms with Crippen LogP contribution in [0.1, 0.15) is 5.56 Å². The molecule has 4 heteroatoms. The summed E-state index contributed by atoms with van der Waals surface area (Å²) in [7, 11) is 9.81. The van der Waals surface area contributed by atoms with Gasteiger partial charge in [-0.05, 0) is 17.7 Å². The average Bonchev–Trinajstić information content (AvgIpc) is 2.08. The van der Waals surface area contributed by atoms with Gasteiger partial charge in [-0.25, -0.2) is 0 Å². The first-order valence-electron chi connectivity index (χ1n) is 3.12. The van der Waals surface area contributed by atoms with E-state index in [2.05, 4.69) is 6.07 Å². The molecule has 1 radical (unpaired) electrons. The topological polar surface area (TPSA) is 26.0 Å². The predicted octanol–water partition coefficient (Wildman–Crippen LogP) is 1.94. The number of nitrogens with two attached hydrogens (primary N) is 1. The quantitative estimate of drug-likeness (QED) is 0.691. The fourth-order valence-electron chi connectivity index (χ4n) is 0.557. The Kier molecular flexibility index (Phi) is 9.03. The van der Waals surface area contributed by atoms with Gasteiger partial charge in [0.25, 0.3) is 0 Å². The summed E-state index contributed by atoms with van der Waals surface area (Å²) < 4.78 is 0. The van der Waals surface area contributed by atoms with Crippen molar-refractivity contribution in [3.8, 4) is 0 Å². The Balaban J connectivity index is 0.000000292. The Labute approximate surface area is 84.2 Å². The Morgan fingerprint density at radius 3 is 2.45 bits per heavy atom. The zero-order valence-corrected chi connectivity index (χ0v) is 8.98. The lowest BCUT2D eigenvalue weighted by molar-refractivity contribution is 1.07. The van der Waals surface area contributed by atoms with Gasteiger partial charge in [0.15, 0.2) is 0 Å². The van der Waals surface area contributed by atoms with Crippen LogP contribution in [0.15, 0.2) is 24.3 Å². The van der Waals surface area contributed by atoms with Crippen LogP contribution in [0.4, 0.5) is 0 Å². The molecule has 0 saturated carbocycles. The molecule has 0 aliphatic carbocycles. The Morgan fingerprint density at radius 2 is 2.18 bits per heavy atom. The van der Waals surface area contributed by atoms with Gasteiger partial charge in [0.2, 0.25) is 0 Å². The fraction of sp³-hybridized carbons (Fsp3) is 0.143. The van der Waals surface area contributed by atoms with E-state index in [9.17, 15) is 0 Å². The van der Waals surface area contributed by atoms with Gasteiger partial charge in [-0.3, -0.25) is 0 Å². The van der Waals surface area contributed by atoms with E-state index in [-0.39, 0.29) is 0 Å². The average molecular weight is 201 g/mol. The highest BCUT2D eigenvalue weighted by Crippen LogP contribution is 1.93. The van der Waals surface area contributed by atoms with Gasteiger partial charge < -0.3 is 23.9 Å². The third-order valence-electron chi connectivity index (χ3n) is 1.01. The molecule has 1 aromatic carbocycles. The molecule has 0 amide bonds. The van der Waals surface area contributed by atoms with Crippen molar-refractivity contribution in [3.63, 3.8) is 0 Å². The smallest absolute Gasteiger partial charge is 0.326 e. The van der Waals surface area contributed by atoms with E-state index >= 15 is 0 Å². The fourth-order valence-corrected chi connectivity index (χ4v) is 0.557. The highest BCUT2D eigenvalue weighted by molar-refractivity contribution is 7.22. The van der Waals surface area contributed by atoms with Gasteiger partial charge in [-0.2, -0.15) is 0 Å². The minimum Gasteiger partial charge on any atom is -0.326 e. The lowest BCUT2D eigenvalue weighted by Crippen LogP contribution is -1.94. The summed E-state index contributed by atoms with van der Waals surface area (Å²) >= 11 is -0.639. The highest BCUT2D eigenvalue weighted by Gasteiger charge is 1.80. The molecule has 57 valence electrons. The third-order valence-corrected chi connectivity index (χ3v) is 1.01. The lowest BCUT2D eigenvalue weighted by Gasteiger charge is -1.89. The van der Waals surface area contributed by atoms with E-state index in [1.165, 1.54) is 0 Å². The molecular weight excluding hydrogens is 193 g/mol. The van der Waals surface area contributed by atoms with Crippen molar-refractivity contribution >= 4 is 36.3 Å². The third kappa shape index (κ3) is 6.91. The van der Waals surface area contributed by atoms with E-state index in [1.54, 1.807) is 0 Å². The zero-order valence-electron chi connectivity index (χ0n) is 6.06. The van der Waals surface area contributed by atoms with Crippen molar-refractivity contribution in [3.05, 3.63) is 35.9 Å². The predicted molar refractivity (Wildman–Crippen MR) is 50.6 cm³/mol. The van der Waals surface area contributed by atoms with Crippen molar-refractivity contribution in [2.45, 2.75) is 6.54 Å². The molecule has 2 N–H and O–H groups in total. The molecule has 0 fully saturated rings. The number of halogens is 2. The van der Waals surface area contributed by atoms with Crippen LogP contribution >= 0.6 is 18.1 Å². The normalized spacial score (nSPS) is 7.55. The number of hydrogen-bond donors (Lipinski definition) is 1. The first-order chi connectivity index (χ1) is 5.35. The standard InChI is InChI=1S/C7H8N.2ClH.Mg/c8-6-7-4-2-1-3-5-7;;;/h1-2,4-5H,6,8H2;2*1H;/q;;;+2/p-2. The monoisotopic (exact) mass is 200 g/mol. The maximum Gasteiger partial charge on any atom is 0.618 e. The van der Waals surface area contributed by atoms with E-state index in [0.717, 1.165) is 5.56 Å². The van der Waals surface area contributed by atoms with Crippen LogP contribution in [0.2, 0.25) is 0 Å². The molecule has 0 aliphatic rings. The second kappa shape index (κ2) is 8.62. The Morgan fingerprint density at radius 1 is 1.55 bits per heavy atom. The summed E-state index contributed by atoms with van der Waals surface area (Å²) in [5.74, 6) is 0. The van der Waals surface area contributed by atoms with Crippen LogP contribution in [0, 0.1) is 6.07 Å². The van der Waals surface area contributed by atoms with E-state index in [1.807, 2.05) is 24.3 Å². The van der Waals surface area contributed by atoms with Gasteiger partial charge in [0, 0.05) is 6.54 Å². The summed E-state index contributed by atoms with van der Waals surface area (Å²) in [6.45, 7) is 0.608. The van der Waals surface area contributed by atoms with Crippen molar-refractivity contribution in [1.29, 1.82) is 0 Å². The van der Waals surface area contributed by atoms with Gasteiger partial charge in [0.05, 0.1) is 0 Å². The molecule has 0 atom stereocenters. The van der Waals surface area contributed by atoms with Crippen molar-refractivity contribution < 1.29 is 0 Å². The molecule has 0 spiro atoms. The van der Waals surface area contributed by atoms with Gasteiger partial charge in [-0.15, -0.1) is 0 Å². The van der Waals surface area contributed by atoms with Crippen molar-refractivity contribution in [2.75, 3.05) is 0 Å². The van der Waals surface area contributed by atoms with Gasteiger partial charge in [0.1, 0.15) is 0 Å². The lowest BCUT2D eigenvalue weighted by atomic mass is 10.2. The molecule has 11 heavy (non-hydrogen) atoms. The molecule has 1 aromatic rings. The maximum absolute atomic E-state index is 5.33. The Bertz CT molecular complexity index is 169. The zero-order chi connectivity index (χ0) is 8.53. The molecule has 0 saturated heterocycles. The number of hydrogen-bond acceptors (Lipinski definition) is 1. The van der Waals surface area contributed by atoms with E-state index < -0.39 is 18.2 Å². The van der Waals surface area contributed by atoms with Crippen LogP contribution in [0.25, 0.3) is 0 Å². The summed E-state index contributed by atoms with van der Waals surface area (Å²) in [4.78, 5) is 0. The second-order valence-corrected chi connectivity index (χ2v) is 4.34. The molecule has 0 aliphatic heterocycles. The molecule has 0 heterocycles. The largest absolute Gasteiger partial charge is 0.618 e. The first-order valence-corrected chi connectivity index (χ1v) is 7.39. The number of rotatable bonds is 1. The van der Waals surface area contributed by atoms with Crippen LogP contribution < -0.4 is 5.73 Å². The van der Waals surface area contributed by atoms with Crippen LogP contribution in [0.3, 0.4) is 0 Å². The minimum atomic E-state index is -0.639. The summed E-state index contributed by atoms with van der Waals surface area (Å²) in [5, 5.41) is 0. The van der Waals surface area contributed by atoms with E-state index in [4.69, 9.17) is 23.9 Å². The molecule has 0 unspecified atom stereocenters. The Hall–Kier alpha value is 0.526. The summed E-state index contributed by atoms with van der Waals surface area (Å²) in [5.41, 5.74) is 6.46. The molecular formula is C7H8Cl2MgN. The maximum atomic E-state index is 5.33. The van der Waals surface area contributed by atoms with Crippen LogP contribution in [-0.2, 0) is 6.54 Å². The van der Waals surface area contributed by atoms with Crippen LogP contribution in [-0.4, -0.2) is 18.2 Å². The van der Waals surface area contributed by atoms with Gasteiger partial charge >= 0.3 is 18.2 Å². The number of benzene rings is 1. The van der Waals surface area contributed by atoms with Crippen molar-refractivity contribution in [2.24, 2.45) is 5.73 Å². The SMILES string of the molecule is NCc1c[c]ccc1.[Cl][Mg][Cl]. The van der Waals surface area contributed by atoms with Crippen molar-refractivity contribution in [1.82, 2.24) is 0 Å². The van der Waals surface area contributed by atoms with Crippen LogP contribution in [0.5, 0.6) is 0 Å². The summed E-state index contributed by atoms with van der Waals surface area (Å²) in [6.07, 6.45) is 0.